The van der Waals surface area contributed by atoms with Crippen LogP contribution in [0.15, 0.2) is 48.5 Å². The zero-order chi connectivity index (χ0) is 11.4. The number of rotatable bonds is 3. The average Bonchev–Trinajstić information content (AvgIpc) is 2.31. The zero-order valence-corrected chi connectivity index (χ0v) is 9.61. The van der Waals surface area contributed by atoms with Gasteiger partial charge in [-0.1, -0.05) is 49.7 Å². The summed E-state index contributed by atoms with van der Waals surface area (Å²) in [6.45, 7) is 2.19. The molecule has 0 unspecified atom stereocenters. The van der Waals surface area contributed by atoms with Crippen molar-refractivity contribution < 1.29 is 0 Å². The molecule has 0 bridgehead atoms. The molecular formula is C15H17N. The molecule has 0 heterocycles. The van der Waals surface area contributed by atoms with Crippen LogP contribution in [0.25, 0.3) is 11.1 Å². The van der Waals surface area contributed by atoms with Crippen molar-refractivity contribution in [2.45, 2.75) is 19.8 Å². The Hall–Kier alpha value is -1.76. The second-order valence-corrected chi connectivity index (χ2v) is 4.03. The molecule has 82 valence electrons. The van der Waals surface area contributed by atoms with Crippen molar-refractivity contribution >= 4 is 5.69 Å². The van der Waals surface area contributed by atoms with Crippen LogP contribution in [0, 0.1) is 0 Å². The van der Waals surface area contributed by atoms with Gasteiger partial charge in [-0.05, 0) is 35.2 Å². The van der Waals surface area contributed by atoms with Crippen LogP contribution in [0.3, 0.4) is 0 Å². The smallest absolute Gasteiger partial charge is 0.0317 e. The van der Waals surface area contributed by atoms with Gasteiger partial charge in [0.25, 0.3) is 0 Å². The highest BCUT2D eigenvalue weighted by atomic mass is 14.5. The normalized spacial score (nSPS) is 10.3. The molecule has 2 rings (SSSR count). The van der Waals surface area contributed by atoms with E-state index in [-0.39, 0.29) is 0 Å². The van der Waals surface area contributed by atoms with Crippen molar-refractivity contribution in [1.82, 2.24) is 0 Å². The van der Waals surface area contributed by atoms with E-state index in [9.17, 15) is 0 Å². The monoisotopic (exact) mass is 211 g/mol. The number of hydrogen-bond donors (Lipinski definition) is 1. The molecule has 2 N–H and O–H groups in total. The second kappa shape index (κ2) is 4.84. The maximum atomic E-state index is 5.84. The minimum Gasteiger partial charge on any atom is -0.399 e. The van der Waals surface area contributed by atoms with Crippen molar-refractivity contribution in [2.24, 2.45) is 0 Å². The summed E-state index contributed by atoms with van der Waals surface area (Å²) in [6, 6.07) is 16.7. The van der Waals surface area contributed by atoms with Gasteiger partial charge in [0.15, 0.2) is 0 Å². The number of hydrogen-bond acceptors (Lipinski definition) is 1. The van der Waals surface area contributed by atoms with Crippen molar-refractivity contribution in [3.05, 3.63) is 54.1 Å². The van der Waals surface area contributed by atoms with Gasteiger partial charge in [0.1, 0.15) is 0 Å². The Labute approximate surface area is 96.9 Å². The van der Waals surface area contributed by atoms with E-state index >= 15 is 0 Å². The van der Waals surface area contributed by atoms with Crippen LogP contribution in [-0.2, 0) is 6.42 Å². The Kier molecular flexibility index (Phi) is 3.25. The number of aryl methyl sites for hydroxylation is 1. The minimum absolute atomic E-state index is 0.850. The van der Waals surface area contributed by atoms with Gasteiger partial charge in [-0.25, -0.2) is 0 Å². The number of nitrogens with two attached hydrogens (primary N) is 1. The third-order valence-electron chi connectivity index (χ3n) is 2.73. The highest BCUT2D eigenvalue weighted by molar-refractivity contribution is 5.69. The Balaban J connectivity index is 2.48. The standard InChI is InChI=1S/C15H17N/c1-2-6-13-11-14(16)9-10-15(13)12-7-4-3-5-8-12/h3-5,7-11H,2,6,16H2,1H3. The van der Waals surface area contributed by atoms with Crippen LogP contribution in [-0.4, -0.2) is 0 Å². The minimum atomic E-state index is 0.850. The van der Waals surface area contributed by atoms with E-state index in [4.69, 9.17) is 5.73 Å². The lowest BCUT2D eigenvalue weighted by Crippen LogP contribution is -1.93. The largest absolute Gasteiger partial charge is 0.399 e. The summed E-state index contributed by atoms with van der Waals surface area (Å²) in [4.78, 5) is 0. The fourth-order valence-electron chi connectivity index (χ4n) is 1.99. The summed E-state index contributed by atoms with van der Waals surface area (Å²) in [5.41, 5.74) is 10.6. The fourth-order valence-corrected chi connectivity index (χ4v) is 1.99. The van der Waals surface area contributed by atoms with Crippen LogP contribution >= 0.6 is 0 Å². The number of benzene rings is 2. The summed E-state index contributed by atoms with van der Waals surface area (Å²) < 4.78 is 0. The van der Waals surface area contributed by atoms with E-state index in [0.29, 0.717) is 0 Å². The molecule has 2 aromatic rings. The van der Waals surface area contributed by atoms with E-state index in [1.807, 2.05) is 12.1 Å². The topological polar surface area (TPSA) is 26.0 Å². The molecule has 0 aliphatic rings. The number of anilines is 1. The second-order valence-electron chi connectivity index (χ2n) is 4.03. The van der Waals surface area contributed by atoms with E-state index in [0.717, 1.165) is 18.5 Å². The SMILES string of the molecule is CCCc1cc(N)ccc1-c1ccccc1. The first-order valence-electron chi connectivity index (χ1n) is 5.75. The number of nitrogen functional groups attached to an aromatic ring is 1. The van der Waals surface area contributed by atoms with Gasteiger partial charge >= 0.3 is 0 Å². The van der Waals surface area contributed by atoms with Crippen LogP contribution in [0.1, 0.15) is 18.9 Å². The Bertz CT molecular complexity index is 460. The van der Waals surface area contributed by atoms with E-state index < -0.39 is 0 Å². The Morgan fingerprint density at radius 3 is 2.44 bits per heavy atom. The summed E-state index contributed by atoms with van der Waals surface area (Å²) in [5, 5.41) is 0. The van der Waals surface area contributed by atoms with Gasteiger partial charge in [0.2, 0.25) is 0 Å². The average molecular weight is 211 g/mol. The van der Waals surface area contributed by atoms with Gasteiger partial charge in [-0.2, -0.15) is 0 Å². The molecule has 1 heteroatoms. The lowest BCUT2D eigenvalue weighted by molar-refractivity contribution is 0.924. The van der Waals surface area contributed by atoms with Gasteiger partial charge in [0, 0.05) is 5.69 Å². The lowest BCUT2D eigenvalue weighted by atomic mass is 9.96. The molecule has 0 spiro atoms. The Morgan fingerprint density at radius 2 is 1.75 bits per heavy atom. The van der Waals surface area contributed by atoms with Crippen LogP contribution in [0.2, 0.25) is 0 Å². The zero-order valence-electron chi connectivity index (χ0n) is 9.61. The Morgan fingerprint density at radius 1 is 1.00 bits per heavy atom. The summed E-state index contributed by atoms with van der Waals surface area (Å²) in [5.74, 6) is 0. The molecule has 0 aromatic heterocycles. The quantitative estimate of drug-likeness (QED) is 0.766. The fraction of sp³-hybridized carbons (Fsp3) is 0.200. The maximum absolute atomic E-state index is 5.84. The molecule has 0 amide bonds. The third-order valence-corrected chi connectivity index (χ3v) is 2.73. The predicted molar refractivity (Wildman–Crippen MR) is 70.3 cm³/mol. The van der Waals surface area contributed by atoms with E-state index in [1.165, 1.54) is 16.7 Å². The maximum Gasteiger partial charge on any atom is 0.0317 e. The van der Waals surface area contributed by atoms with Gasteiger partial charge in [-0.15, -0.1) is 0 Å². The molecule has 0 radical (unpaired) electrons. The van der Waals surface area contributed by atoms with E-state index in [1.54, 1.807) is 0 Å². The van der Waals surface area contributed by atoms with Crippen molar-refractivity contribution in [2.75, 3.05) is 5.73 Å². The first-order chi connectivity index (χ1) is 7.81. The molecule has 1 nitrogen and oxygen atoms in total. The van der Waals surface area contributed by atoms with Gasteiger partial charge < -0.3 is 5.73 Å². The molecule has 0 aliphatic carbocycles. The van der Waals surface area contributed by atoms with E-state index in [2.05, 4.69) is 43.3 Å². The molecular weight excluding hydrogens is 194 g/mol. The first-order valence-corrected chi connectivity index (χ1v) is 5.75. The summed E-state index contributed by atoms with van der Waals surface area (Å²) >= 11 is 0. The van der Waals surface area contributed by atoms with Crippen molar-refractivity contribution in [3.63, 3.8) is 0 Å². The van der Waals surface area contributed by atoms with Crippen LogP contribution in [0.4, 0.5) is 5.69 Å². The van der Waals surface area contributed by atoms with Crippen LogP contribution < -0.4 is 5.73 Å². The van der Waals surface area contributed by atoms with Crippen molar-refractivity contribution in [3.8, 4) is 11.1 Å². The van der Waals surface area contributed by atoms with Gasteiger partial charge in [0.05, 0.1) is 0 Å². The molecule has 2 aromatic carbocycles. The highest BCUT2D eigenvalue weighted by Gasteiger charge is 2.04. The molecule has 0 fully saturated rings. The first kappa shape index (κ1) is 10.7. The highest BCUT2D eigenvalue weighted by Crippen LogP contribution is 2.26. The lowest BCUT2D eigenvalue weighted by Gasteiger charge is -2.09. The van der Waals surface area contributed by atoms with Crippen molar-refractivity contribution in [1.29, 1.82) is 0 Å². The molecule has 0 saturated carbocycles. The van der Waals surface area contributed by atoms with Gasteiger partial charge in [-0.3, -0.25) is 0 Å². The third kappa shape index (κ3) is 2.25. The predicted octanol–water partition coefficient (Wildman–Crippen LogP) is 3.89. The molecule has 0 atom stereocenters. The summed E-state index contributed by atoms with van der Waals surface area (Å²) in [6.07, 6.45) is 2.22. The summed E-state index contributed by atoms with van der Waals surface area (Å²) in [7, 11) is 0. The molecule has 0 saturated heterocycles. The molecule has 16 heavy (non-hydrogen) atoms. The molecule has 0 aliphatic heterocycles. The van der Waals surface area contributed by atoms with Crippen LogP contribution in [0.5, 0.6) is 0 Å².